The Morgan fingerprint density at radius 1 is 1.12 bits per heavy atom. The predicted molar refractivity (Wildman–Crippen MR) is 125 cm³/mol. The summed E-state index contributed by atoms with van der Waals surface area (Å²) in [6.07, 6.45) is 5.15. The molecule has 0 aliphatic carbocycles. The maximum absolute atomic E-state index is 12.7. The molecule has 0 saturated carbocycles. The van der Waals surface area contributed by atoms with E-state index in [0.29, 0.717) is 30.4 Å². The number of ether oxygens (including phenoxy) is 2. The van der Waals surface area contributed by atoms with Crippen molar-refractivity contribution in [2.75, 3.05) is 33.4 Å². The molecule has 1 amide bonds. The number of hydrogen-bond acceptors (Lipinski definition) is 5. The van der Waals surface area contributed by atoms with E-state index in [2.05, 4.69) is 34.5 Å². The molecule has 6 nitrogen and oxygen atoms in total. The summed E-state index contributed by atoms with van der Waals surface area (Å²) in [5, 5.41) is 3.06. The van der Waals surface area contributed by atoms with E-state index in [4.69, 9.17) is 9.47 Å². The van der Waals surface area contributed by atoms with Gasteiger partial charge in [0.1, 0.15) is 5.75 Å². The molecule has 0 atom stereocenters. The molecule has 2 aromatic rings. The molecule has 3 rings (SSSR count). The molecule has 0 aromatic heterocycles. The fourth-order valence-electron chi connectivity index (χ4n) is 3.88. The van der Waals surface area contributed by atoms with Crippen LogP contribution in [0, 0.1) is 5.92 Å². The zero-order valence-electron chi connectivity index (χ0n) is 18.9. The second-order valence-corrected chi connectivity index (χ2v) is 7.96. The summed E-state index contributed by atoms with van der Waals surface area (Å²) in [5.74, 6) is 0.410. The lowest BCUT2D eigenvalue weighted by atomic mass is 9.96. The van der Waals surface area contributed by atoms with Crippen LogP contribution in [0.1, 0.15) is 41.3 Å². The average molecular weight is 437 g/mol. The van der Waals surface area contributed by atoms with Crippen LogP contribution in [-0.4, -0.2) is 50.1 Å². The van der Waals surface area contributed by atoms with Crippen molar-refractivity contribution in [1.82, 2.24) is 10.2 Å². The van der Waals surface area contributed by atoms with Gasteiger partial charge in [-0.2, -0.15) is 0 Å². The molecule has 0 radical (unpaired) electrons. The number of nitrogens with one attached hydrogen (secondary N) is 1. The molecular weight excluding hydrogens is 404 g/mol. The van der Waals surface area contributed by atoms with Crippen LogP contribution in [0.2, 0.25) is 0 Å². The van der Waals surface area contributed by atoms with E-state index >= 15 is 0 Å². The molecule has 1 aliphatic rings. The van der Waals surface area contributed by atoms with Gasteiger partial charge >= 0.3 is 5.97 Å². The third-order valence-electron chi connectivity index (χ3n) is 5.68. The summed E-state index contributed by atoms with van der Waals surface area (Å²) < 4.78 is 10.3. The van der Waals surface area contributed by atoms with Gasteiger partial charge in [-0.25, -0.2) is 4.79 Å². The smallest absolute Gasteiger partial charge is 0.330 e. The number of carbonyl (C=O) groups is 2. The second-order valence-electron chi connectivity index (χ2n) is 7.96. The minimum absolute atomic E-state index is 0.144. The van der Waals surface area contributed by atoms with E-state index in [1.807, 2.05) is 6.07 Å². The van der Waals surface area contributed by atoms with Gasteiger partial charge in [-0.15, -0.1) is 0 Å². The highest BCUT2D eigenvalue weighted by molar-refractivity contribution is 5.97. The van der Waals surface area contributed by atoms with Gasteiger partial charge in [-0.3, -0.25) is 9.69 Å². The number of carbonyl (C=O) groups excluding carboxylic acids is 2. The number of methoxy groups -OCH3 is 1. The number of hydrogen-bond donors (Lipinski definition) is 1. The van der Waals surface area contributed by atoms with E-state index in [9.17, 15) is 9.59 Å². The third-order valence-corrected chi connectivity index (χ3v) is 5.68. The number of likely N-dealkylation sites (tertiary alicyclic amines) is 1. The fraction of sp³-hybridized carbons (Fsp3) is 0.385. The fourth-order valence-corrected chi connectivity index (χ4v) is 3.88. The van der Waals surface area contributed by atoms with Crippen LogP contribution in [-0.2, 0) is 16.1 Å². The summed E-state index contributed by atoms with van der Waals surface area (Å²) >= 11 is 0. The molecule has 0 bridgehead atoms. The largest absolute Gasteiger partial charge is 0.496 e. The zero-order chi connectivity index (χ0) is 22.8. The first kappa shape index (κ1) is 23.5. The molecule has 1 fully saturated rings. The zero-order valence-corrected chi connectivity index (χ0v) is 18.9. The van der Waals surface area contributed by atoms with Gasteiger partial charge in [0.2, 0.25) is 0 Å². The Kier molecular flexibility index (Phi) is 8.87. The van der Waals surface area contributed by atoms with Gasteiger partial charge in [-0.1, -0.05) is 36.4 Å². The molecule has 0 spiro atoms. The first-order chi connectivity index (χ1) is 15.6. The molecule has 170 valence electrons. The summed E-state index contributed by atoms with van der Waals surface area (Å²) in [7, 11) is 1.54. The Bertz CT molecular complexity index is 919. The first-order valence-electron chi connectivity index (χ1n) is 11.2. The van der Waals surface area contributed by atoms with Gasteiger partial charge in [-0.05, 0) is 68.1 Å². The average Bonchev–Trinajstić information content (AvgIpc) is 2.83. The predicted octanol–water partition coefficient (Wildman–Crippen LogP) is 3.91. The van der Waals surface area contributed by atoms with Crippen LogP contribution >= 0.6 is 0 Å². The molecular formula is C26H32N2O4. The van der Waals surface area contributed by atoms with E-state index in [0.717, 1.165) is 38.0 Å². The molecule has 1 heterocycles. The molecule has 1 N–H and O–H groups in total. The molecule has 32 heavy (non-hydrogen) atoms. The van der Waals surface area contributed by atoms with Crippen LogP contribution in [0.4, 0.5) is 0 Å². The Balaban J connectivity index is 1.49. The molecule has 0 unspecified atom stereocenters. The van der Waals surface area contributed by atoms with Crippen molar-refractivity contribution < 1.29 is 19.1 Å². The van der Waals surface area contributed by atoms with Crippen molar-refractivity contribution in [3.63, 3.8) is 0 Å². The molecule has 6 heteroatoms. The van der Waals surface area contributed by atoms with Gasteiger partial charge in [0, 0.05) is 19.2 Å². The van der Waals surface area contributed by atoms with Crippen molar-refractivity contribution in [2.24, 2.45) is 5.92 Å². The van der Waals surface area contributed by atoms with Gasteiger partial charge in [0.25, 0.3) is 5.91 Å². The van der Waals surface area contributed by atoms with Crippen molar-refractivity contribution >= 4 is 18.0 Å². The van der Waals surface area contributed by atoms with Gasteiger partial charge in [0.15, 0.2) is 0 Å². The van der Waals surface area contributed by atoms with Crippen LogP contribution in [0.5, 0.6) is 5.75 Å². The maximum atomic E-state index is 12.7. The second kappa shape index (κ2) is 12.1. The highest BCUT2D eigenvalue weighted by Gasteiger charge is 2.21. The summed E-state index contributed by atoms with van der Waals surface area (Å²) in [6.45, 7) is 5.81. The Morgan fingerprint density at radius 3 is 2.56 bits per heavy atom. The Hall–Kier alpha value is -3.12. The van der Waals surface area contributed by atoms with Crippen molar-refractivity contribution in [3.8, 4) is 5.75 Å². The van der Waals surface area contributed by atoms with Crippen LogP contribution in [0.3, 0.4) is 0 Å². The van der Waals surface area contributed by atoms with E-state index in [1.165, 1.54) is 18.7 Å². The van der Waals surface area contributed by atoms with Crippen LogP contribution in [0.15, 0.2) is 54.6 Å². The van der Waals surface area contributed by atoms with Gasteiger partial charge in [0.05, 0.1) is 19.3 Å². The molecule has 1 aliphatic heterocycles. The summed E-state index contributed by atoms with van der Waals surface area (Å²) in [6, 6.07) is 15.8. The lowest BCUT2D eigenvalue weighted by molar-refractivity contribution is -0.137. The molecule has 2 aromatic carbocycles. The van der Waals surface area contributed by atoms with Crippen LogP contribution < -0.4 is 10.1 Å². The third kappa shape index (κ3) is 6.95. The quantitative estimate of drug-likeness (QED) is 0.477. The van der Waals surface area contributed by atoms with E-state index < -0.39 is 5.97 Å². The van der Waals surface area contributed by atoms with Gasteiger partial charge < -0.3 is 14.8 Å². The summed E-state index contributed by atoms with van der Waals surface area (Å²) in [5.41, 5.74) is 2.59. The number of piperidine rings is 1. The lowest BCUT2D eigenvalue weighted by Gasteiger charge is -2.32. The van der Waals surface area contributed by atoms with E-state index in [-0.39, 0.29) is 5.91 Å². The highest BCUT2D eigenvalue weighted by atomic mass is 16.5. The highest BCUT2D eigenvalue weighted by Crippen LogP contribution is 2.22. The summed E-state index contributed by atoms with van der Waals surface area (Å²) in [4.78, 5) is 26.7. The monoisotopic (exact) mass is 436 g/mol. The standard InChI is InChI=1S/C26H32N2O4/c1-3-32-25(29)12-10-20-9-11-23(24(17-20)31-2)26(30)27-18-21-13-15-28(16-14-21)19-22-7-5-4-6-8-22/h4-12,17,21H,3,13-16,18-19H2,1-2H3,(H,27,30)/b12-10+. The van der Waals surface area contributed by atoms with Crippen molar-refractivity contribution in [1.29, 1.82) is 0 Å². The lowest BCUT2D eigenvalue weighted by Crippen LogP contribution is -2.38. The maximum Gasteiger partial charge on any atom is 0.330 e. The number of benzene rings is 2. The normalized spacial score (nSPS) is 14.9. The van der Waals surface area contributed by atoms with E-state index in [1.54, 1.807) is 31.2 Å². The number of amides is 1. The number of esters is 1. The minimum atomic E-state index is -0.400. The SMILES string of the molecule is CCOC(=O)/C=C/c1ccc(C(=O)NCC2CCN(Cc3ccccc3)CC2)c(OC)c1. The Morgan fingerprint density at radius 2 is 1.88 bits per heavy atom. The first-order valence-corrected chi connectivity index (χ1v) is 11.2. The Labute approximate surface area is 190 Å². The van der Waals surface area contributed by atoms with Crippen LogP contribution in [0.25, 0.3) is 6.08 Å². The topological polar surface area (TPSA) is 67.9 Å². The van der Waals surface area contributed by atoms with Crippen molar-refractivity contribution in [3.05, 3.63) is 71.3 Å². The molecule has 1 saturated heterocycles. The number of nitrogens with zero attached hydrogens (tertiary/aromatic N) is 1. The minimum Gasteiger partial charge on any atom is -0.496 e. The van der Waals surface area contributed by atoms with Crippen molar-refractivity contribution in [2.45, 2.75) is 26.3 Å². The number of rotatable bonds is 9.